The fourth-order valence-electron chi connectivity index (χ4n) is 2.38. The smallest absolute Gasteiger partial charge is 0.310 e. The number of likely N-dealkylation sites (N-methyl/N-ethyl adjacent to an activating group) is 1. The lowest BCUT2D eigenvalue weighted by Crippen LogP contribution is -2.52. The number of rotatable bonds is 4. The highest BCUT2D eigenvalue weighted by atomic mass is 16.5. The fraction of sp³-hybridized carbons (Fsp3) is 0.929. The van der Waals surface area contributed by atoms with Crippen molar-refractivity contribution < 1.29 is 9.53 Å². The number of nitrogens with one attached hydrogen (secondary N) is 1. The Bertz CT molecular complexity index is 273. The molecule has 1 fully saturated rings. The molecule has 1 rings (SSSR count). The third kappa shape index (κ3) is 4.94. The molecule has 1 saturated heterocycles. The number of carbonyl (C=O) groups excluding carboxylic acids is 1. The van der Waals surface area contributed by atoms with Gasteiger partial charge in [0.25, 0.3) is 0 Å². The quantitative estimate of drug-likeness (QED) is 0.774. The highest BCUT2D eigenvalue weighted by molar-refractivity contribution is 5.72. The maximum Gasteiger partial charge on any atom is 0.310 e. The zero-order valence-corrected chi connectivity index (χ0v) is 12.5. The lowest BCUT2D eigenvalue weighted by Gasteiger charge is -2.37. The Hall–Kier alpha value is -0.610. The van der Waals surface area contributed by atoms with Gasteiger partial charge in [-0.25, -0.2) is 0 Å². The number of likely N-dealkylation sites (tertiary alicyclic amines) is 1. The van der Waals surface area contributed by atoms with Gasteiger partial charge in [-0.2, -0.15) is 0 Å². The Labute approximate surface area is 111 Å². The van der Waals surface area contributed by atoms with Crippen molar-refractivity contribution in [2.75, 3.05) is 33.3 Å². The second-order valence-corrected chi connectivity index (χ2v) is 6.45. The van der Waals surface area contributed by atoms with E-state index >= 15 is 0 Å². The second kappa shape index (κ2) is 6.53. The number of nitrogens with zero attached hydrogens (tertiary/aromatic N) is 1. The highest BCUT2D eigenvalue weighted by Crippen LogP contribution is 2.19. The molecular weight excluding hydrogens is 228 g/mol. The van der Waals surface area contributed by atoms with E-state index in [1.165, 1.54) is 7.11 Å². The Morgan fingerprint density at radius 2 is 2.06 bits per heavy atom. The summed E-state index contributed by atoms with van der Waals surface area (Å²) in [6.45, 7) is 12.6. The van der Waals surface area contributed by atoms with E-state index in [0.717, 1.165) is 32.6 Å². The predicted molar refractivity (Wildman–Crippen MR) is 73.5 cm³/mol. The lowest BCUT2D eigenvalue weighted by molar-refractivity contribution is -0.147. The molecule has 1 aliphatic rings. The van der Waals surface area contributed by atoms with Crippen LogP contribution in [-0.2, 0) is 9.53 Å². The van der Waals surface area contributed by atoms with Crippen molar-refractivity contribution in [3.8, 4) is 0 Å². The zero-order chi connectivity index (χ0) is 13.8. The molecule has 4 nitrogen and oxygen atoms in total. The summed E-state index contributed by atoms with van der Waals surface area (Å²) in [6.07, 6.45) is 0.888. The van der Waals surface area contributed by atoms with Gasteiger partial charge >= 0.3 is 5.97 Å². The third-order valence-electron chi connectivity index (χ3n) is 3.43. The standard InChI is InChI=1S/C14H28N2O2/c1-6-16-8-11(13(17)18-5)7-12(9-16)15-10-14(2,3)4/h11-12,15H,6-10H2,1-5H3. The molecule has 18 heavy (non-hydrogen) atoms. The van der Waals surface area contributed by atoms with Gasteiger partial charge in [0, 0.05) is 25.7 Å². The van der Waals surface area contributed by atoms with Gasteiger partial charge in [0.05, 0.1) is 13.0 Å². The molecule has 2 unspecified atom stereocenters. The SMILES string of the molecule is CCN1CC(NCC(C)(C)C)CC(C(=O)OC)C1. The fourth-order valence-corrected chi connectivity index (χ4v) is 2.38. The van der Waals surface area contributed by atoms with E-state index in [4.69, 9.17) is 4.74 Å². The first kappa shape index (κ1) is 15.4. The van der Waals surface area contributed by atoms with Crippen LogP contribution in [0.15, 0.2) is 0 Å². The number of methoxy groups -OCH3 is 1. The molecule has 0 aromatic carbocycles. The number of esters is 1. The second-order valence-electron chi connectivity index (χ2n) is 6.45. The largest absolute Gasteiger partial charge is 0.469 e. The number of ether oxygens (including phenoxy) is 1. The van der Waals surface area contributed by atoms with Crippen molar-refractivity contribution in [1.29, 1.82) is 0 Å². The molecule has 0 aliphatic carbocycles. The van der Waals surface area contributed by atoms with Crippen LogP contribution in [0.25, 0.3) is 0 Å². The van der Waals surface area contributed by atoms with E-state index in [1.54, 1.807) is 0 Å². The maximum atomic E-state index is 11.7. The molecule has 0 bridgehead atoms. The highest BCUT2D eigenvalue weighted by Gasteiger charge is 2.31. The van der Waals surface area contributed by atoms with Crippen LogP contribution >= 0.6 is 0 Å². The molecule has 1 aliphatic heterocycles. The molecule has 1 N–H and O–H groups in total. The minimum atomic E-state index is -0.0734. The molecule has 1 heterocycles. The van der Waals surface area contributed by atoms with Gasteiger partial charge in [-0.05, 0) is 18.4 Å². The number of hydrogen-bond acceptors (Lipinski definition) is 4. The van der Waals surface area contributed by atoms with E-state index in [-0.39, 0.29) is 17.3 Å². The van der Waals surface area contributed by atoms with Crippen molar-refractivity contribution in [3.63, 3.8) is 0 Å². The van der Waals surface area contributed by atoms with Gasteiger partial charge in [-0.1, -0.05) is 27.7 Å². The Balaban J connectivity index is 2.54. The zero-order valence-electron chi connectivity index (χ0n) is 12.5. The van der Waals surface area contributed by atoms with Crippen molar-refractivity contribution in [3.05, 3.63) is 0 Å². The monoisotopic (exact) mass is 256 g/mol. The van der Waals surface area contributed by atoms with Crippen LogP contribution in [0.1, 0.15) is 34.1 Å². The summed E-state index contributed by atoms with van der Waals surface area (Å²) in [5.74, 6) is -0.0584. The van der Waals surface area contributed by atoms with E-state index in [1.807, 2.05) is 0 Å². The van der Waals surface area contributed by atoms with Crippen molar-refractivity contribution in [2.45, 2.75) is 40.2 Å². The Kier molecular flexibility index (Phi) is 5.60. The Morgan fingerprint density at radius 1 is 1.39 bits per heavy atom. The van der Waals surface area contributed by atoms with Crippen molar-refractivity contribution in [1.82, 2.24) is 10.2 Å². The summed E-state index contributed by atoms with van der Waals surface area (Å²) in [6, 6.07) is 0.391. The molecule has 106 valence electrons. The third-order valence-corrected chi connectivity index (χ3v) is 3.43. The van der Waals surface area contributed by atoms with Crippen LogP contribution in [0, 0.1) is 11.3 Å². The summed E-state index contributed by atoms with van der Waals surface area (Å²) in [7, 11) is 1.48. The Morgan fingerprint density at radius 3 is 2.56 bits per heavy atom. The average Bonchev–Trinajstić information content (AvgIpc) is 2.34. The molecule has 4 heteroatoms. The van der Waals surface area contributed by atoms with Gasteiger partial charge in [-0.15, -0.1) is 0 Å². The van der Waals surface area contributed by atoms with Gasteiger partial charge in [0.1, 0.15) is 0 Å². The average molecular weight is 256 g/mol. The van der Waals surface area contributed by atoms with Gasteiger partial charge < -0.3 is 15.0 Å². The first-order valence-electron chi connectivity index (χ1n) is 6.89. The molecule has 2 atom stereocenters. The molecule has 0 saturated carbocycles. The first-order chi connectivity index (χ1) is 8.35. The first-order valence-corrected chi connectivity index (χ1v) is 6.89. The number of carbonyl (C=O) groups is 1. The molecular formula is C14H28N2O2. The van der Waals surface area contributed by atoms with E-state index < -0.39 is 0 Å². The summed E-state index contributed by atoms with van der Waals surface area (Å²) in [5, 5.41) is 3.59. The topological polar surface area (TPSA) is 41.6 Å². The summed E-state index contributed by atoms with van der Waals surface area (Å²) in [4.78, 5) is 14.0. The van der Waals surface area contributed by atoms with Gasteiger partial charge in [0.15, 0.2) is 0 Å². The minimum Gasteiger partial charge on any atom is -0.469 e. The van der Waals surface area contributed by atoms with E-state index in [2.05, 4.69) is 37.9 Å². The summed E-state index contributed by atoms with van der Waals surface area (Å²) < 4.78 is 4.88. The van der Waals surface area contributed by atoms with Crippen LogP contribution in [0.4, 0.5) is 0 Å². The van der Waals surface area contributed by atoms with Crippen LogP contribution < -0.4 is 5.32 Å². The van der Waals surface area contributed by atoms with Crippen LogP contribution in [0.3, 0.4) is 0 Å². The van der Waals surface area contributed by atoms with Crippen molar-refractivity contribution >= 4 is 5.97 Å². The molecule has 0 aromatic heterocycles. The molecule has 0 spiro atoms. The van der Waals surface area contributed by atoms with E-state index in [0.29, 0.717) is 6.04 Å². The van der Waals surface area contributed by atoms with Gasteiger partial charge in [0.2, 0.25) is 0 Å². The molecule has 0 amide bonds. The van der Waals surface area contributed by atoms with Crippen LogP contribution in [-0.4, -0.2) is 50.2 Å². The summed E-state index contributed by atoms with van der Waals surface area (Å²) in [5.41, 5.74) is 0.273. The predicted octanol–water partition coefficient (Wildman–Crippen LogP) is 1.51. The van der Waals surface area contributed by atoms with Crippen LogP contribution in [0.5, 0.6) is 0 Å². The maximum absolute atomic E-state index is 11.7. The number of hydrogen-bond donors (Lipinski definition) is 1. The molecule has 0 aromatic rings. The number of piperidine rings is 1. The van der Waals surface area contributed by atoms with Crippen molar-refractivity contribution in [2.24, 2.45) is 11.3 Å². The van der Waals surface area contributed by atoms with E-state index in [9.17, 15) is 4.79 Å². The summed E-state index contributed by atoms with van der Waals surface area (Å²) >= 11 is 0. The van der Waals surface area contributed by atoms with Gasteiger partial charge in [-0.3, -0.25) is 4.79 Å². The minimum absolute atomic E-state index is 0.0150. The lowest BCUT2D eigenvalue weighted by atomic mass is 9.92. The normalized spacial score (nSPS) is 26.1. The molecule has 0 radical (unpaired) electrons. The van der Waals surface area contributed by atoms with Crippen LogP contribution in [0.2, 0.25) is 0 Å².